The van der Waals surface area contributed by atoms with E-state index in [0.717, 1.165) is 33.4 Å². The summed E-state index contributed by atoms with van der Waals surface area (Å²) in [5.41, 5.74) is 5.57. The first-order valence-corrected chi connectivity index (χ1v) is 11.2. The van der Waals surface area contributed by atoms with E-state index in [2.05, 4.69) is 11.2 Å². The Kier molecular flexibility index (Phi) is 6.93. The molecule has 35 heavy (non-hydrogen) atoms. The Bertz CT molecular complexity index is 1250. The van der Waals surface area contributed by atoms with E-state index in [9.17, 15) is 23.1 Å². The molecule has 3 aromatic rings. The normalized spacial score (nSPS) is 15.9. The van der Waals surface area contributed by atoms with Crippen molar-refractivity contribution in [1.29, 1.82) is 0 Å². The number of carboxylic acid groups (broad SMARTS) is 1. The van der Waals surface area contributed by atoms with Crippen LogP contribution in [0.3, 0.4) is 0 Å². The van der Waals surface area contributed by atoms with E-state index in [-0.39, 0.29) is 6.61 Å². The van der Waals surface area contributed by atoms with Crippen molar-refractivity contribution >= 4 is 17.4 Å². The van der Waals surface area contributed by atoms with Crippen LogP contribution in [0.4, 0.5) is 18.9 Å². The highest BCUT2D eigenvalue weighted by Gasteiger charge is 2.43. The minimum absolute atomic E-state index is 0.0157. The summed E-state index contributed by atoms with van der Waals surface area (Å²) < 4.78 is 39.5. The Balaban J connectivity index is 1.52. The number of aliphatic carboxylic acids is 1. The Labute approximate surface area is 201 Å². The second kappa shape index (κ2) is 9.92. The molecule has 0 saturated carbocycles. The van der Waals surface area contributed by atoms with Gasteiger partial charge in [-0.15, -0.1) is 0 Å². The van der Waals surface area contributed by atoms with E-state index in [4.69, 9.17) is 5.11 Å². The molecule has 4 rings (SSSR count). The van der Waals surface area contributed by atoms with Crippen LogP contribution in [0.5, 0.6) is 0 Å². The number of hydrogen-bond acceptors (Lipinski definition) is 4. The molecule has 0 spiro atoms. The van der Waals surface area contributed by atoms with Crippen molar-refractivity contribution in [2.24, 2.45) is 5.10 Å². The third kappa shape index (κ3) is 5.71. The fourth-order valence-electron chi connectivity index (χ4n) is 4.27. The smallest absolute Gasteiger partial charge is 0.431 e. The van der Waals surface area contributed by atoms with Crippen LogP contribution in [-0.2, 0) is 17.8 Å². The van der Waals surface area contributed by atoms with Gasteiger partial charge in [-0.05, 0) is 64.9 Å². The zero-order valence-corrected chi connectivity index (χ0v) is 19.1. The summed E-state index contributed by atoms with van der Waals surface area (Å²) in [5, 5.41) is 23.3. The lowest BCUT2D eigenvalue weighted by molar-refractivity contribution is -0.137. The second-order valence-electron chi connectivity index (χ2n) is 8.69. The van der Waals surface area contributed by atoms with Gasteiger partial charge in [-0.2, -0.15) is 18.3 Å². The molecular formula is C27H25F3N2O3. The maximum absolute atomic E-state index is 13.2. The Morgan fingerprint density at radius 1 is 1.03 bits per heavy atom. The lowest BCUT2D eigenvalue weighted by Gasteiger charge is -2.22. The molecule has 0 aliphatic carbocycles. The average Bonchev–Trinajstić information content (AvgIpc) is 3.24. The van der Waals surface area contributed by atoms with Crippen LogP contribution in [0, 0.1) is 6.92 Å². The lowest BCUT2D eigenvalue weighted by Crippen LogP contribution is -2.29. The number of alkyl halides is 3. The molecular weight excluding hydrogens is 457 g/mol. The van der Waals surface area contributed by atoms with Crippen LogP contribution in [0.2, 0.25) is 0 Å². The molecule has 0 amide bonds. The summed E-state index contributed by atoms with van der Waals surface area (Å²) in [5.74, 6) is -1.17. The number of aryl methyl sites for hydroxylation is 1. The van der Waals surface area contributed by atoms with E-state index in [0.29, 0.717) is 12.1 Å². The number of aliphatic hydroxyl groups excluding tert-OH is 1. The van der Waals surface area contributed by atoms with Gasteiger partial charge >= 0.3 is 12.1 Å². The van der Waals surface area contributed by atoms with Crippen LogP contribution in [0.25, 0.3) is 11.1 Å². The van der Waals surface area contributed by atoms with Gasteiger partial charge in [0.05, 0.1) is 24.8 Å². The predicted molar refractivity (Wildman–Crippen MR) is 128 cm³/mol. The summed E-state index contributed by atoms with van der Waals surface area (Å²) in [6, 6.07) is 20.0. The number of nitrogens with zero attached hydrogens (tertiary/aromatic N) is 2. The topological polar surface area (TPSA) is 73.1 Å². The molecule has 1 aliphatic heterocycles. The van der Waals surface area contributed by atoms with Crippen LogP contribution in [0.15, 0.2) is 71.8 Å². The zero-order valence-electron chi connectivity index (χ0n) is 19.1. The molecule has 0 fully saturated rings. The molecule has 182 valence electrons. The maximum atomic E-state index is 13.2. The quantitative estimate of drug-likeness (QED) is 0.452. The summed E-state index contributed by atoms with van der Waals surface area (Å²) in [6.07, 6.45) is -4.84. The number of hydrazone groups is 1. The molecule has 5 nitrogen and oxygen atoms in total. The first-order chi connectivity index (χ1) is 16.6. The van der Waals surface area contributed by atoms with Gasteiger partial charge in [0.25, 0.3) is 0 Å². The first kappa shape index (κ1) is 24.5. The SMILES string of the molecule is Cc1cc(-c2cccc(CO)c2)ccc1Cc1ccc(N2N=C(C(F)(F)F)CC2CC(=O)O)cc1. The van der Waals surface area contributed by atoms with Gasteiger partial charge in [0.1, 0.15) is 5.71 Å². The summed E-state index contributed by atoms with van der Waals surface area (Å²) in [6.45, 7) is 2.01. The van der Waals surface area contributed by atoms with Gasteiger partial charge < -0.3 is 10.2 Å². The fraction of sp³-hybridized carbons (Fsp3) is 0.259. The molecule has 2 N–H and O–H groups in total. The molecule has 0 saturated heterocycles. The van der Waals surface area contributed by atoms with Gasteiger partial charge in [-0.3, -0.25) is 9.80 Å². The number of hydrogen-bond donors (Lipinski definition) is 2. The van der Waals surface area contributed by atoms with Gasteiger partial charge in [0.2, 0.25) is 0 Å². The van der Waals surface area contributed by atoms with Crippen molar-refractivity contribution in [2.45, 2.75) is 45.0 Å². The molecule has 1 atom stereocenters. The van der Waals surface area contributed by atoms with Crippen molar-refractivity contribution in [3.8, 4) is 11.1 Å². The number of carboxylic acids is 1. The molecule has 0 bridgehead atoms. The first-order valence-electron chi connectivity index (χ1n) is 11.2. The molecule has 1 unspecified atom stereocenters. The zero-order chi connectivity index (χ0) is 25.2. The Hall–Kier alpha value is -3.65. The largest absolute Gasteiger partial charge is 0.481 e. The lowest BCUT2D eigenvalue weighted by atomic mass is 9.95. The molecule has 8 heteroatoms. The highest BCUT2D eigenvalue weighted by molar-refractivity contribution is 5.94. The van der Waals surface area contributed by atoms with Gasteiger partial charge in [0, 0.05) is 6.42 Å². The Morgan fingerprint density at radius 2 is 1.74 bits per heavy atom. The molecule has 1 heterocycles. The highest BCUT2D eigenvalue weighted by atomic mass is 19.4. The average molecular weight is 483 g/mol. The standard InChI is InChI=1S/C27H25F3N2O3/c1-17-11-22(21-4-2-3-19(13-21)16-33)8-7-20(17)12-18-5-9-23(10-6-18)32-24(15-26(34)35)14-25(31-32)27(28,29)30/h2-11,13,24,33H,12,14-16H2,1H3,(H,34,35). The third-order valence-corrected chi connectivity index (χ3v) is 6.12. The second-order valence-corrected chi connectivity index (χ2v) is 8.69. The van der Waals surface area contributed by atoms with Crippen molar-refractivity contribution in [1.82, 2.24) is 0 Å². The number of benzene rings is 3. The summed E-state index contributed by atoms with van der Waals surface area (Å²) in [4.78, 5) is 11.2. The third-order valence-electron chi connectivity index (χ3n) is 6.12. The predicted octanol–water partition coefficient (Wildman–Crippen LogP) is 5.72. The van der Waals surface area contributed by atoms with Crippen LogP contribution in [-0.4, -0.2) is 34.1 Å². The van der Waals surface area contributed by atoms with Crippen molar-refractivity contribution < 1.29 is 28.2 Å². The van der Waals surface area contributed by atoms with E-state index >= 15 is 0 Å². The summed E-state index contributed by atoms with van der Waals surface area (Å²) >= 11 is 0. The molecule has 0 radical (unpaired) electrons. The number of aliphatic hydroxyl groups is 1. The van der Waals surface area contributed by atoms with E-state index in [1.807, 2.05) is 55.5 Å². The van der Waals surface area contributed by atoms with Gasteiger partial charge in [-0.25, -0.2) is 0 Å². The van der Waals surface area contributed by atoms with Crippen LogP contribution < -0.4 is 5.01 Å². The molecule has 3 aromatic carbocycles. The fourth-order valence-corrected chi connectivity index (χ4v) is 4.27. The van der Waals surface area contributed by atoms with Crippen molar-refractivity contribution in [3.63, 3.8) is 0 Å². The Morgan fingerprint density at radius 3 is 2.37 bits per heavy atom. The summed E-state index contributed by atoms with van der Waals surface area (Å²) in [7, 11) is 0. The number of rotatable bonds is 7. The van der Waals surface area contributed by atoms with Crippen molar-refractivity contribution in [3.05, 3.63) is 89.0 Å². The number of anilines is 1. The minimum atomic E-state index is -4.59. The highest BCUT2D eigenvalue weighted by Crippen LogP contribution is 2.33. The molecule has 1 aliphatic rings. The monoisotopic (exact) mass is 482 g/mol. The van der Waals surface area contributed by atoms with Gasteiger partial charge in [0.15, 0.2) is 0 Å². The minimum Gasteiger partial charge on any atom is -0.481 e. The number of halogens is 3. The van der Waals surface area contributed by atoms with E-state index < -0.39 is 36.7 Å². The van der Waals surface area contributed by atoms with Crippen LogP contribution >= 0.6 is 0 Å². The van der Waals surface area contributed by atoms with Crippen molar-refractivity contribution in [2.75, 3.05) is 5.01 Å². The maximum Gasteiger partial charge on any atom is 0.431 e. The molecule has 0 aromatic heterocycles. The van der Waals surface area contributed by atoms with Crippen LogP contribution in [0.1, 0.15) is 35.1 Å². The van der Waals surface area contributed by atoms with Gasteiger partial charge in [-0.1, -0.05) is 48.5 Å². The van der Waals surface area contributed by atoms with E-state index in [1.54, 1.807) is 12.1 Å². The number of carbonyl (C=O) groups is 1. The van der Waals surface area contributed by atoms with E-state index in [1.165, 1.54) is 5.01 Å².